The monoisotopic (exact) mass is 248 g/mol. The van der Waals surface area contributed by atoms with Gasteiger partial charge in [0.05, 0.1) is 7.11 Å². The summed E-state index contributed by atoms with van der Waals surface area (Å²) in [5.74, 6) is 1.49. The van der Waals surface area contributed by atoms with E-state index in [0.717, 1.165) is 31.7 Å². The number of benzene rings is 1. The van der Waals surface area contributed by atoms with E-state index in [2.05, 4.69) is 37.1 Å². The molecule has 0 amide bonds. The lowest BCUT2D eigenvalue weighted by atomic mass is 9.83. The third-order valence-electron chi connectivity index (χ3n) is 4.15. The fraction of sp³-hybridized carbons (Fsp3) is 0.600. The third-order valence-corrected chi connectivity index (χ3v) is 4.15. The number of likely N-dealkylation sites (N-methyl/N-ethyl adjacent to an activating group) is 1. The molecular formula is C15H24N2O. The SMILES string of the molecule is CCC(CN)C1c2ccc(OC)cc2CCN1C. The Morgan fingerprint density at radius 3 is 2.89 bits per heavy atom. The lowest BCUT2D eigenvalue weighted by Crippen LogP contribution is -2.38. The van der Waals surface area contributed by atoms with Crippen molar-refractivity contribution in [3.63, 3.8) is 0 Å². The van der Waals surface area contributed by atoms with Crippen LogP contribution < -0.4 is 10.5 Å². The summed E-state index contributed by atoms with van der Waals surface area (Å²) in [6.07, 6.45) is 2.22. The van der Waals surface area contributed by atoms with Crippen molar-refractivity contribution in [2.24, 2.45) is 11.7 Å². The van der Waals surface area contributed by atoms with Gasteiger partial charge in [0.2, 0.25) is 0 Å². The maximum atomic E-state index is 5.94. The minimum atomic E-state index is 0.453. The number of hydrogen-bond acceptors (Lipinski definition) is 3. The van der Waals surface area contributed by atoms with Gasteiger partial charge >= 0.3 is 0 Å². The number of methoxy groups -OCH3 is 1. The molecule has 1 aromatic carbocycles. The Morgan fingerprint density at radius 2 is 2.28 bits per heavy atom. The molecule has 18 heavy (non-hydrogen) atoms. The number of rotatable bonds is 4. The van der Waals surface area contributed by atoms with Crippen LogP contribution in [0, 0.1) is 5.92 Å². The van der Waals surface area contributed by atoms with Crippen molar-refractivity contribution in [3.8, 4) is 5.75 Å². The van der Waals surface area contributed by atoms with E-state index in [9.17, 15) is 0 Å². The first kappa shape index (κ1) is 13.4. The van der Waals surface area contributed by atoms with E-state index in [1.807, 2.05) is 0 Å². The molecule has 100 valence electrons. The lowest BCUT2D eigenvalue weighted by Gasteiger charge is -2.39. The zero-order valence-electron chi connectivity index (χ0n) is 11.6. The Bertz CT molecular complexity index is 401. The molecule has 0 fully saturated rings. The van der Waals surface area contributed by atoms with E-state index in [4.69, 9.17) is 10.5 Å². The quantitative estimate of drug-likeness (QED) is 0.888. The summed E-state index contributed by atoms with van der Waals surface area (Å²) >= 11 is 0. The molecule has 3 heteroatoms. The first-order chi connectivity index (χ1) is 8.71. The maximum absolute atomic E-state index is 5.94. The van der Waals surface area contributed by atoms with Crippen LogP contribution in [-0.2, 0) is 6.42 Å². The molecule has 2 unspecified atom stereocenters. The van der Waals surface area contributed by atoms with Crippen molar-refractivity contribution in [1.29, 1.82) is 0 Å². The van der Waals surface area contributed by atoms with E-state index < -0.39 is 0 Å². The molecule has 0 spiro atoms. The van der Waals surface area contributed by atoms with E-state index in [1.165, 1.54) is 11.1 Å². The summed E-state index contributed by atoms with van der Waals surface area (Å²) in [6.45, 7) is 4.07. The molecule has 2 rings (SSSR count). The molecule has 1 heterocycles. The van der Waals surface area contributed by atoms with Gasteiger partial charge in [0.1, 0.15) is 5.75 Å². The zero-order valence-corrected chi connectivity index (χ0v) is 11.6. The molecule has 1 aliphatic heterocycles. The fourth-order valence-corrected chi connectivity index (χ4v) is 3.02. The second kappa shape index (κ2) is 5.72. The molecule has 1 aromatic rings. The van der Waals surface area contributed by atoms with Gasteiger partial charge in [-0.2, -0.15) is 0 Å². The van der Waals surface area contributed by atoms with E-state index in [0.29, 0.717) is 12.0 Å². The summed E-state index contributed by atoms with van der Waals surface area (Å²) in [6, 6.07) is 6.91. The predicted octanol–water partition coefficient (Wildman–Crippen LogP) is 2.21. The van der Waals surface area contributed by atoms with Crippen LogP contribution in [0.3, 0.4) is 0 Å². The fourth-order valence-electron chi connectivity index (χ4n) is 3.02. The van der Waals surface area contributed by atoms with Gasteiger partial charge in [-0.15, -0.1) is 0 Å². The molecule has 0 aliphatic carbocycles. The molecule has 0 radical (unpaired) electrons. The van der Waals surface area contributed by atoms with E-state index in [-0.39, 0.29) is 0 Å². The second-order valence-corrected chi connectivity index (χ2v) is 5.14. The first-order valence-corrected chi connectivity index (χ1v) is 6.78. The van der Waals surface area contributed by atoms with Gasteiger partial charge in [0, 0.05) is 12.6 Å². The summed E-state index contributed by atoms with van der Waals surface area (Å²) in [4.78, 5) is 2.44. The average molecular weight is 248 g/mol. The van der Waals surface area contributed by atoms with Gasteiger partial charge in [0.15, 0.2) is 0 Å². The van der Waals surface area contributed by atoms with Crippen LogP contribution in [0.2, 0.25) is 0 Å². The normalized spacial score (nSPS) is 21.4. The predicted molar refractivity (Wildman–Crippen MR) is 74.9 cm³/mol. The molecule has 0 saturated carbocycles. The minimum absolute atomic E-state index is 0.453. The molecular weight excluding hydrogens is 224 g/mol. The number of fused-ring (bicyclic) bond motifs is 1. The van der Waals surface area contributed by atoms with Crippen molar-refractivity contribution < 1.29 is 4.74 Å². The van der Waals surface area contributed by atoms with Gasteiger partial charge in [-0.3, -0.25) is 4.90 Å². The Hall–Kier alpha value is -1.06. The zero-order chi connectivity index (χ0) is 13.1. The average Bonchev–Trinajstić information content (AvgIpc) is 2.41. The summed E-state index contributed by atoms with van der Waals surface area (Å²) in [5, 5.41) is 0. The highest BCUT2D eigenvalue weighted by Gasteiger charge is 2.30. The molecule has 0 saturated heterocycles. The Morgan fingerprint density at radius 1 is 1.50 bits per heavy atom. The van der Waals surface area contributed by atoms with Crippen LogP contribution >= 0.6 is 0 Å². The highest BCUT2D eigenvalue weighted by Crippen LogP contribution is 2.36. The van der Waals surface area contributed by atoms with Gasteiger partial charge < -0.3 is 10.5 Å². The summed E-state index contributed by atoms with van der Waals surface area (Å²) < 4.78 is 5.32. The second-order valence-electron chi connectivity index (χ2n) is 5.14. The number of hydrogen-bond donors (Lipinski definition) is 1. The molecule has 2 atom stereocenters. The smallest absolute Gasteiger partial charge is 0.119 e. The van der Waals surface area contributed by atoms with Crippen LogP contribution in [0.1, 0.15) is 30.5 Å². The van der Waals surface area contributed by atoms with Gasteiger partial charge in [0.25, 0.3) is 0 Å². The third kappa shape index (κ3) is 2.38. The Labute approximate surface area is 110 Å². The minimum Gasteiger partial charge on any atom is -0.497 e. The lowest BCUT2D eigenvalue weighted by molar-refractivity contribution is 0.163. The largest absolute Gasteiger partial charge is 0.497 e. The van der Waals surface area contributed by atoms with E-state index >= 15 is 0 Å². The highest BCUT2D eigenvalue weighted by molar-refractivity contribution is 5.39. The van der Waals surface area contributed by atoms with Crippen molar-refractivity contribution >= 4 is 0 Å². The topological polar surface area (TPSA) is 38.5 Å². The van der Waals surface area contributed by atoms with Gasteiger partial charge in [-0.05, 0) is 49.2 Å². The number of nitrogens with zero attached hydrogens (tertiary/aromatic N) is 1. The first-order valence-electron chi connectivity index (χ1n) is 6.78. The Kier molecular flexibility index (Phi) is 4.25. The van der Waals surface area contributed by atoms with Crippen molar-refractivity contribution in [1.82, 2.24) is 4.90 Å². The van der Waals surface area contributed by atoms with E-state index in [1.54, 1.807) is 7.11 Å². The molecule has 2 N–H and O–H groups in total. The van der Waals surface area contributed by atoms with Gasteiger partial charge in [-0.25, -0.2) is 0 Å². The molecule has 0 aromatic heterocycles. The van der Waals surface area contributed by atoms with Gasteiger partial charge in [-0.1, -0.05) is 19.4 Å². The van der Waals surface area contributed by atoms with Crippen LogP contribution in [0.5, 0.6) is 5.75 Å². The number of nitrogens with two attached hydrogens (primary N) is 1. The summed E-state index contributed by atoms with van der Waals surface area (Å²) in [7, 11) is 3.93. The number of ether oxygens (including phenoxy) is 1. The van der Waals surface area contributed by atoms with Crippen molar-refractivity contribution in [2.45, 2.75) is 25.8 Å². The summed E-state index contributed by atoms with van der Waals surface area (Å²) in [5.41, 5.74) is 8.79. The van der Waals surface area contributed by atoms with Crippen molar-refractivity contribution in [3.05, 3.63) is 29.3 Å². The van der Waals surface area contributed by atoms with Crippen LogP contribution in [0.4, 0.5) is 0 Å². The standard InChI is InChI=1S/C15H24N2O/c1-4-11(10-16)15-14-6-5-13(18-3)9-12(14)7-8-17(15)2/h5-6,9,11,15H,4,7-8,10,16H2,1-3H3. The van der Waals surface area contributed by atoms with Crippen LogP contribution in [0.25, 0.3) is 0 Å². The molecule has 0 bridgehead atoms. The maximum Gasteiger partial charge on any atom is 0.119 e. The highest BCUT2D eigenvalue weighted by atomic mass is 16.5. The van der Waals surface area contributed by atoms with Crippen LogP contribution in [-0.4, -0.2) is 32.1 Å². The van der Waals surface area contributed by atoms with Crippen molar-refractivity contribution in [2.75, 3.05) is 27.2 Å². The Balaban J connectivity index is 2.37. The molecule has 1 aliphatic rings. The molecule has 3 nitrogen and oxygen atoms in total. The van der Waals surface area contributed by atoms with Crippen LogP contribution in [0.15, 0.2) is 18.2 Å².